The molecule has 4 aromatic rings. The fourth-order valence-electron chi connectivity index (χ4n) is 4.78. The summed E-state index contributed by atoms with van der Waals surface area (Å²) in [6, 6.07) is 10.9. The van der Waals surface area contributed by atoms with Crippen LogP contribution in [0.1, 0.15) is 44.4 Å². The largest absolute Gasteiger partial charge is 0.408 e. The molecule has 4 heterocycles. The molecule has 0 radical (unpaired) electrons. The fourth-order valence-corrected chi connectivity index (χ4v) is 4.78. The summed E-state index contributed by atoms with van der Waals surface area (Å²) < 4.78 is 44.0. The first-order valence-corrected chi connectivity index (χ1v) is 11.3. The number of hydrogen-bond acceptors (Lipinski definition) is 5. The van der Waals surface area contributed by atoms with Gasteiger partial charge in [-0.25, -0.2) is 4.98 Å². The molecule has 5 rings (SSSR count). The second kappa shape index (κ2) is 10.1. The number of fused-ring (bicyclic) bond motifs is 2. The number of pyridine rings is 2. The second-order valence-corrected chi connectivity index (χ2v) is 10.0. The maximum Gasteiger partial charge on any atom is 0.408 e. The van der Waals surface area contributed by atoms with E-state index in [1.54, 1.807) is 10.5 Å². The quantitative estimate of drug-likeness (QED) is 0.359. The Balaban J connectivity index is 0.00000180. The number of nitrogens with two attached hydrogens (primary N) is 1. The Kier molecular flexibility index (Phi) is 7.91. The molecule has 2 N–H and O–H groups in total. The molecule has 0 aliphatic carbocycles. The van der Waals surface area contributed by atoms with Crippen molar-refractivity contribution in [2.45, 2.75) is 50.9 Å². The molecule has 194 valence electrons. The van der Waals surface area contributed by atoms with Crippen LogP contribution in [0, 0.1) is 0 Å². The van der Waals surface area contributed by atoms with Crippen LogP contribution < -0.4 is 5.73 Å². The van der Waals surface area contributed by atoms with Crippen molar-refractivity contribution in [2.24, 2.45) is 5.73 Å². The highest BCUT2D eigenvalue weighted by Gasteiger charge is 2.46. The molecule has 6 nitrogen and oxygen atoms in total. The lowest BCUT2D eigenvalue weighted by Crippen LogP contribution is -2.38. The van der Waals surface area contributed by atoms with Crippen LogP contribution in [0.3, 0.4) is 0 Å². The Morgan fingerprint density at radius 2 is 1.75 bits per heavy atom. The molecule has 11 heteroatoms. The van der Waals surface area contributed by atoms with E-state index in [4.69, 9.17) is 10.7 Å². The van der Waals surface area contributed by atoms with Gasteiger partial charge in [-0.3, -0.25) is 9.30 Å². The van der Waals surface area contributed by atoms with Gasteiger partial charge in [-0.15, -0.1) is 35.0 Å². The van der Waals surface area contributed by atoms with Crippen LogP contribution >= 0.6 is 24.8 Å². The van der Waals surface area contributed by atoms with E-state index in [0.717, 1.165) is 16.5 Å². The number of halogens is 5. The SMILES string of the molecule is CC(C)(C)c1cccc2ccc(-c3nnc4ccc([C@@H](N5CC[C@H](N)C5)C(F)(F)F)cn34)nc12.Cl.Cl. The van der Waals surface area contributed by atoms with Crippen LogP contribution in [-0.2, 0) is 5.41 Å². The van der Waals surface area contributed by atoms with Crippen LogP contribution in [0.4, 0.5) is 13.2 Å². The van der Waals surface area contributed by atoms with Gasteiger partial charge in [-0.1, -0.05) is 51.1 Å². The maximum absolute atomic E-state index is 14.1. The summed E-state index contributed by atoms with van der Waals surface area (Å²) >= 11 is 0. The molecule has 1 aromatic carbocycles. The standard InChI is InChI=1S/C25H27F3N6.2ClH/c1-24(2,3)18-6-4-5-15-7-9-19(30-21(15)18)23-32-31-20-10-8-16(13-34(20)23)22(25(26,27)28)33-12-11-17(29)14-33;;/h4-10,13,17,22H,11-12,14,29H2,1-3H3;2*1H/t17-,22+;;/m0../s1. The van der Waals surface area contributed by atoms with Crippen molar-refractivity contribution >= 4 is 41.4 Å². The van der Waals surface area contributed by atoms with Crippen molar-refractivity contribution in [1.29, 1.82) is 0 Å². The van der Waals surface area contributed by atoms with E-state index in [2.05, 4.69) is 31.0 Å². The third-order valence-electron chi connectivity index (χ3n) is 6.43. The summed E-state index contributed by atoms with van der Waals surface area (Å²) in [6.45, 7) is 6.88. The lowest BCUT2D eigenvalue weighted by molar-refractivity contribution is -0.183. The molecular formula is C25H29Cl2F3N6. The summed E-state index contributed by atoms with van der Waals surface area (Å²) in [5.41, 5.74) is 8.86. The van der Waals surface area contributed by atoms with Gasteiger partial charge in [0.25, 0.3) is 0 Å². The normalized spacial score (nSPS) is 17.7. The minimum atomic E-state index is -4.44. The summed E-state index contributed by atoms with van der Waals surface area (Å²) in [4.78, 5) is 6.27. The van der Waals surface area contributed by atoms with Gasteiger partial charge in [0.2, 0.25) is 0 Å². The molecule has 0 bridgehead atoms. The van der Waals surface area contributed by atoms with E-state index in [1.165, 1.54) is 17.2 Å². The molecule has 1 aliphatic heterocycles. The third-order valence-corrected chi connectivity index (χ3v) is 6.43. The van der Waals surface area contributed by atoms with E-state index in [1.807, 2.05) is 30.3 Å². The van der Waals surface area contributed by atoms with Gasteiger partial charge in [0.1, 0.15) is 11.7 Å². The van der Waals surface area contributed by atoms with Crippen LogP contribution in [0.2, 0.25) is 0 Å². The van der Waals surface area contributed by atoms with Crippen molar-refractivity contribution in [3.63, 3.8) is 0 Å². The zero-order valence-corrected chi connectivity index (χ0v) is 21.8. The first-order chi connectivity index (χ1) is 16.0. The molecule has 2 atom stereocenters. The number of benzene rings is 1. The predicted octanol–water partition coefficient (Wildman–Crippen LogP) is 5.72. The van der Waals surface area contributed by atoms with Gasteiger partial charge in [0, 0.05) is 30.7 Å². The van der Waals surface area contributed by atoms with E-state index in [0.29, 0.717) is 30.1 Å². The molecule has 1 saturated heterocycles. The fraction of sp³-hybridized carbons (Fsp3) is 0.400. The average Bonchev–Trinajstić information content (AvgIpc) is 3.37. The van der Waals surface area contributed by atoms with Gasteiger partial charge in [-0.05, 0) is 35.1 Å². The van der Waals surface area contributed by atoms with Crippen LogP contribution in [-0.4, -0.2) is 49.8 Å². The molecule has 0 amide bonds. The number of rotatable bonds is 3. The molecular weight excluding hydrogens is 512 g/mol. The molecule has 36 heavy (non-hydrogen) atoms. The number of likely N-dealkylation sites (tertiary alicyclic amines) is 1. The Bertz CT molecular complexity index is 1370. The molecule has 1 aliphatic rings. The molecule has 0 spiro atoms. The Hall–Kier alpha value is -2.46. The topological polar surface area (TPSA) is 72.3 Å². The highest BCUT2D eigenvalue weighted by molar-refractivity contribution is 5.86. The van der Waals surface area contributed by atoms with E-state index < -0.39 is 12.2 Å². The summed E-state index contributed by atoms with van der Waals surface area (Å²) in [6.07, 6.45) is -2.41. The number of aromatic nitrogens is 4. The summed E-state index contributed by atoms with van der Waals surface area (Å²) in [5.74, 6) is 0.404. The highest BCUT2D eigenvalue weighted by Crippen LogP contribution is 2.39. The minimum absolute atomic E-state index is 0. The Labute approximate surface area is 219 Å². The van der Waals surface area contributed by atoms with Gasteiger partial charge >= 0.3 is 6.18 Å². The number of hydrogen-bond donors (Lipinski definition) is 1. The van der Waals surface area contributed by atoms with Crippen LogP contribution in [0.15, 0.2) is 48.7 Å². The first-order valence-electron chi connectivity index (χ1n) is 11.3. The first kappa shape index (κ1) is 28.1. The van der Waals surface area contributed by atoms with Crippen LogP contribution in [0.5, 0.6) is 0 Å². The Morgan fingerprint density at radius 1 is 1.00 bits per heavy atom. The molecule has 0 unspecified atom stereocenters. The van der Waals surface area contributed by atoms with Gasteiger partial charge < -0.3 is 5.73 Å². The van der Waals surface area contributed by atoms with E-state index >= 15 is 0 Å². The highest BCUT2D eigenvalue weighted by atomic mass is 35.5. The predicted molar refractivity (Wildman–Crippen MR) is 140 cm³/mol. The van der Waals surface area contributed by atoms with Crippen molar-refractivity contribution < 1.29 is 13.2 Å². The third kappa shape index (κ3) is 5.16. The van der Waals surface area contributed by atoms with E-state index in [9.17, 15) is 13.2 Å². The lowest BCUT2D eigenvalue weighted by atomic mass is 9.85. The van der Waals surface area contributed by atoms with Gasteiger partial charge in [0.05, 0.1) is 5.52 Å². The second-order valence-electron chi connectivity index (χ2n) is 10.0. The summed E-state index contributed by atoms with van der Waals surface area (Å²) in [5, 5.41) is 9.44. The molecule has 0 saturated carbocycles. The number of nitrogens with zero attached hydrogens (tertiary/aromatic N) is 5. The van der Waals surface area contributed by atoms with Crippen molar-refractivity contribution in [1.82, 2.24) is 24.5 Å². The zero-order valence-electron chi connectivity index (χ0n) is 20.2. The molecule has 3 aromatic heterocycles. The zero-order chi connectivity index (χ0) is 24.3. The Morgan fingerprint density at radius 3 is 2.39 bits per heavy atom. The van der Waals surface area contributed by atoms with Crippen molar-refractivity contribution in [2.75, 3.05) is 13.1 Å². The van der Waals surface area contributed by atoms with Gasteiger partial charge in [0.15, 0.2) is 11.5 Å². The number of para-hydroxylation sites is 1. The average molecular weight is 541 g/mol. The number of alkyl halides is 3. The van der Waals surface area contributed by atoms with Crippen molar-refractivity contribution in [3.05, 3.63) is 59.8 Å². The minimum Gasteiger partial charge on any atom is -0.326 e. The maximum atomic E-state index is 14.1. The summed E-state index contributed by atoms with van der Waals surface area (Å²) in [7, 11) is 0. The van der Waals surface area contributed by atoms with E-state index in [-0.39, 0.29) is 48.4 Å². The van der Waals surface area contributed by atoms with Crippen molar-refractivity contribution in [3.8, 4) is 11.5 Å². The van der Waals surface area contributed by atoms with Crippen LogP contribution in [0.25, 0.3) is 28.1 Å². The van der Waals surface area contributed by atoms with Gasteiger partial charge in [-0.2, -0.15) is 13.2 Å². The molecule has 1 fully saturated rings. The lowest BCUT2D eigenvalue weighted by Gasteiger charge is -2.30. The monoisotopic (exact) mass is 540 g/mol. The smallest absolute Gasteiger partial charge is 0.326 e.